The molecule has 1 rings (SSSR count). The second-order valence-corrected chi connectivity index (χ2v) is 4.92. The third kappa shape index (κ3) is 5.92. The van der Waals surface area contributed by atoms with Crippen molar-refractivity contribution in [2.24, 2.45) is 0 Å². The van der Waals surface area contributed by atoms with Gasteiger partial charge in [0.05, 0.1) is 19.2 Å². The number of carbonyl (C=O) groups excluding carboxylic acids is 1. The Morgan fingerprint density at radius 2 is 2.21 bits per heavy atom. The molecule has 1 heterocycles. The van der Waals surface area contributed by atoms with E-state index in [0.717, 1.165) is 5.76 Å². The van der Waals surface area contributed by atoms with Crippen LogP contribution in [0.2, 0.25) is 0 Å². The van der Waals surface area contributed by atoms with Gasteiger partial charge in [0.25, 0.3) is 0 Å². The van der Waals surface area contributed by atoms with E-state index >= 15 is 0 Å². The Morgan fingerprint density at radius 3 is 2.89 bits per heavy atom. The van der Waals surface area contributed by atoms with Gasteiger partial charge < -0.3 is 14.5 Å². The van der Waals surface area contributed by atoms with Crippen molar-refractivity contribution in [2.45, 2.75) is 58.5 Å². The lowest BCUT2D eigenvalue weighted by Crippen LogP contribution is -2.25. The average molecular weight is 267 g/mol. The maximum absolute atomic E-state index is 11.3. The molecule has 1 N–H and O–H groups in total. The van der Waals surface area contributed by atoms with Crippen LogP contribution in [0.3, 0.4) is 0 Å². The van der Waals surface area contributed by atoms with E-state index in [2.05, 4.69) is 23.9 Å². The minimum atomic E-state index is -0.359. The van der Waals surface area contributed by atoms with Gasteiger partial charge in [0.1, 0.15) is 12.0 Å². The van der Waals surface area contributed by atoms with Gasteiger partial charge in [-0.3, -0.25) is 0 Å². The molecule has 0 spiro atoms. The number of hydrogen-bond donors (Lipinski definition) is 1. The van der Waals surface area contributed by atoms with Crippen molar-refractivity contribution in [3.63, 3.8) is 0 Å². The van der Waals surface area contributed by atoms with E-state index in [1.807, 2.05) is 0 Å². The Bertz CT molecular complexity index is 373. The first-order valence-corrected chi connectivity index (χ1v) is 7.06. The molecule has 1 atom stereocenters. The first kappa shape index (κ1) is 15.8. The van der Waals surface area contributed by atoms with Gasteiger partial charge in [-0.1, -0.05) is 32.6 Å². The average Bonchev–Trinajstić information content (AvgIpc) is 2.89. The van der Waals surface area contributed by atoms with Crippen LogP contribution >= 0.6 is 0 Å². The number of unbranched alkanes of at least 4 members (excludes halogenated alkanes) is 3. The Balaban J connectivity index is 2.24. The largest absolute Gasteiger partial charge is 0.467 e. The summed E-state index contributed by atoms with van der Waals surface area (Å²) in [5, 5.41) is 3.40. The van der Waals surface area contributed by atoms with Gasteiger partial charge in [0.2, 0.25) is 0 Å². The van der Waals surface area contributed by atoms with Gasteiger partial charge in [-0.15, -0.1) is 0 Å². The van der Waals surface area contributed by atoms with E-state index in [-0.39, 0.29) is 5.97 Å². The molecular weight excluding hydrogens is 242 g/mol. The summed E-state index contributed by atoms with van der Waals surface area (Å²) in [5.41, 5.74) is 0.467. The fraction of sp³-hybridized carbons (Fsp3) is 0.667. The van der Waals surface area contributed by atoms with Crippen molar-refractivity contribution in [1.82, 2.24) is 5.32 Å². The molecule has 1 aromatic heterocycles. The van der Waals surface area contributed by atoms with Crippen LogP contribution in [0.15, 0.2) is 16.7 Å². The van der Waals surface area contributed by atoms with Gasteiger partial charge >= 0.3 is 5.97 Å². The minimum Gasteiger partial charge on any atom is -0.467 e. The second-order valence-electron chi connectivity index (χ2n) is 4.92. The van der Waals surface area contributed by atoms with Crippen molar-refractivity contribution >= 4 is 5.97 Å². The maximum atomic E-state index is 11.3. The number of rotatable bonds is 9. The van der Waals surface area contributed by atoms with Crippen LogP contribution in [-0.2, 0) is 11.3 Å². The highest BCUT2D eigenvalue weighted by atomic mass is 16.5. The van der Waals surface area contributed by atoms with Crippen LogP contribution in [0.1, 0.15) is 62.1 Å². The number of nitrogens with one attached hydrogen (secondary N) is 1. The molecule has 0 saturated heterocycles. The number of hydrogen-bond acceptors (Lipinski definition) is 4. The Morgan fingerprint density at radius 1 is 1.42 bits per heavy atom. The monoisotopic (exact) mass is 267 g/mol. The Hall–Kier alpha value is -1.29. The Labute approximate surface area is 115 Å². The number of furan rings is 1. The fourth-order valence-electron chi connectivity index (χ4n) is 1.95. The zero-order chi connectivity index (χ0) is 14.1. The van der Waals surface area contributed by atoms with Crippen LogP contribution < -0.4 is 5.32 Å². The lowest BCUT2D eigenvalue weighted by atomic mass is 10.1. The molecule has 4 nitrogen and oxygen atoms in total. The SMILES string of the molecule is CCCCCCC(C)NCc1cc(C(=O)OC)co1. The van der Waals surface area contributed by atoms with E-state index in [0.29, 0.717) is 18.2 Å². The summed E-state index contributed by atoms with van der Waals surface area (Å²) in [5.74, 6) is 0.406. The lowest BCUT2D eigenvalue weighted by Gasteiger charge is -2.12. The molecule has 19 heavy (non-hydrogen) atoms. The molecule has 108 valence electrons. The third-order valence-corrected chi connectivity index (χ3v) is 3.19. The van der Waals surface area contributed by atoms with Crippen LogP contribution in [0.25, 0.3) is 0 Å². The lowest BCUT2D eigenvalue weighted by molar-refractivity contribution is 0.0600. The van der Waals surface area contributed by atoms with Gasteiger partial charge in [-0.2, -0.15) is 0 Å². The number of carbonyl (C=O) groups is 1. The van der Waals surface area contributed by atoms with Gasteiger partial charge in [-0.05, 0) is 19.4 Å². The second kappa shape index (κ2) is 8.75. The fourth-order valence-corrected chi connectivity index (χ4v) is 1.95. The van der Waals surface area contributed by atoms with Crippen LogP contribution in [0, 0.1) is 0 Å². The summed E-state index contributed by atoms with van der Waals surface area (Å²) in [6.07, 6.45) is 7.75. The van der Waals surface area contributed by atoms with E-state index in [9.17, 15) is 4.79 Å². The topological polar surface area (TPSA) is 51.5 Å². The zero-order valence-electron chi connectivity index (χ0n) is 12.2. The molecule has 0 fully saturated rings. The van der Waals surface area contributed by atoms with Crippen LogP contribution in [0.5, 0.6) is 0 Å². The summed E-state index contributed by atoms with van der Waals surface area (Å²) in [7, 11) is 1.37. The van der Waals surface area contributed by atoms with E-state index < -0.39 is 0 Å². The smallest absolute Gasteiger partial charge is 0.341 e. The Kier molecular flexibility index (Phi) is 7.26. The van der Waals surface area contributed by atoms with E-state index in [4.69, 9.17) is 4.42 Å². The maximum Gasteiger partial charge on any atom is 0.341 e. The number of esters is 1. The molecule has 1 unspecified atom stereocenters. The third-order valence-electron chi connectivity index (χ3n) is 3.19. The molecule has 0 bridgehead atoms. The molecule has 0 aliphatic carbocycles. The van der Waals surface area contributed by atoms with Crippen LogP contribution in [-0.4, -0.2) is 19.1 Å². The van der Waals surface area contributed by atoms with Crippen molar-refractivity contribution < 1.29 is 13.9 Å². The molecule has 0 aliphatic heterocycles. The predicted molar refractivity (Wildman–Crippen MR) is 75.1 cm³/mol. The van der Waals surface area contributed by atoms with Crippen molar-refractivity contribution in [2.75, 3.05) is 7.11 Å². The molecule has 0 saturated carbocycles. The highest BCUT2D eigenvalue weighted by Crippen LogP contribution is 2.10. The predicted octanol–water partition coefficient (Wildman–Crippen LogP) is 3.51. The van der Waals surface area contributed by atoms with Crippen molar-refractivity contribution in [1.29, 1.82) is 0 Å². The molecule has 0 aliphatic rings. The summed E-state index contributed by atoms with van der Waals surface area (Å²) < 4.78 is 9.95. The van der Waals surface area contributed by atoms with Crippen molar-refractivity contribution in [3.8, 4) is 0 Å². The highest BCUT2D eigenvalue weighted by Gasteiger charge is 2.10. The summed E-state index contributed by atoms with van der Waals surface area (Å²) in [6, 6.07) is 2.19. The number of methoxy groups -OCH3 is 1. The van der Waals surface area contributed by atoms with Gasteiger partial charge in [0.15, 0.2) is 0 Å². The van der Waals surface area contributed by atoms with E-state index in [1.54, 1.807) is 6.07 Å². The van der Waals surface area contributed by atoms with Gasteiger partial charge in [0, 0.05) is 6.04 Å². The van der Waals surface area contributed by atoms with Gasteiger partial charge in [-0.25, -0.2) is 4.79 Å². The quantitative estimate of drug-likeness (QED) is 0.549. The minimum absolute atomic E-state index is 0.359. The zero-order valence-corrected chi connectivity index (χ0v) is 12.2. The molecule has 0 aromatic carbocycles. The molecular formula is C15H25NO3. The molecule has 1 aromatic rings. The molecule has 0 radical (unpaired) electrons. The summed E-state index contributed by atoms with van der Waals surface area (Å²) >= 11 is 0. The summed E-state index contributed by atoms with van der Waals surface area (Å²) in [6.45, 7) is 5.04. The standard InChI is InChI=1S/C15H25NO3/c1-4-5-6-7-8-12(2)16-10-14-9-13(11-19-14)15(17)18-3/h9,11-12,16H,4-8,10H2,1-3H3. The first-order valence-electron chi connectivity index (χ1n) is 7.06. The summed E-state index contributed by atoms with van der Waals surface area (Å²) in [4.78, 5) is 11.3. The molecule has 0 amide bonds. The van der Waals surface area contributed by atoms with E-state index in [1.165, 1.54) is 45.5 Å². The normalized spacial score (nSPS) is 12.4. The van der Waals surface area contributed by atoms with Crippen LogP contribution in [0.4, 0.5) is 0 Å². The first-order chi connectivity index (χ1) is 9.17. The molecule has 4 heteroatoms. The highest BCUT2D eigenvalue weighted by molar-refractivity contribution is 5.88. The van der Waals surface area contributed by atoms with Crippen molar-refractivity contribution in [3.05, 3.63) is 23.7 Å². The number of ether oxygens (including phenoxy) is 1.